The summed E-state index contributed by atoms with van der Waals surface area (Å²) in [6.07, 6.45) is 2.53. The Hall–Kier alpha value is -1.06. The van der Waals surface area contributed by atoms with Gasteiger partial charge in [-0.05, 0) is 51.0 Å². The Balaban J connectivity index is 1.97. The van der Waals surface area contributed by atoms with Gasteiger partial charge in [-0.15, -0.1) is 0 Å². The molecule has 1 aromatic rings. The summed E-state index contributed by atoms with van der Waals surface area (Å²) in [6.45, 7) is 8.91. The fourth-order valence-corrected chi connectivity index (χ4v) is 3.09. The third-order valence-corrected chi connectivity index (χ3v) is 4.40. The summed E-state index contributed by atoms with van der Waals surface area (Å²) in [4.78, 5) is 4.93. The minimum absolute atomic E-state index is 0.702. The molecule has 1 heterocycles. The Bertz CT molecular complexity index is 420. The molecule has 2 rings (SSSR count). The van der Waals surface area contributed by atoms with Crippen molar-refractivity contribution in [1.82, 2.24) is 10.2 Å². The van der Waals surface area contributed by atoms with E-state index in [4.69, 9.17) is 0 Å². The zero-order valence-corrected chi connectivity index (χ0v) is 14.1. The fraction of sp³-hybridized carbons (Fsp3) is 0.667. The summed E-state index contributed by atoms with van der Waals surface area (Å²) in [7, 11) is 4.40. The highest BCUT2D eigenvalue weighted by molar-refractivity contribution is 5.54. The number of nitrogens with zero attached hydrogens (tertiary/aromatic N) is 2. The number of nitrogens with one attached hydrogen (secondary N) is 1. The molecule has 1 aliphatic heterocycles. The van der Waals surface area contributed by atoms with E-state index in [0.717, 1.165) is 19.1 Å². The van der Waals surface area contributed by atoms with Crippen molar-refractivity contribution in [3.05, 3.63) is 29.8 Å². The van der Waals surface area contributed by atoms with Crippen LogP contribution in [0.3, 0.4) is 0 Å². The van der Waals surface area contributed by atoms with Crippen LogP contribution in [-0.4, -0.2) is 44.7 Å². The molecule has 1 aromatic carbocycles. The number of para-hydroxylation sites is 1. The van der Waals surface area contributed by atoms with Gasteiger partial charge < -0.3 is 15.1 Å². The normalized spacial score (nSPS) is 17.0. The van der Waals surface area contributed by atoms with Crippen molar-refractivity contribution in [2.45, 2.75) is 39.3 Å². The van der Waals surface area contributed by atoms with Crippen LogP contribution in [0.5, 0.6) is 0 Å². The number of hydrogen-bond donors (Lipinski definition) is 1. The summed E-state index contributed by atoms with van der Waals surface area (Å²) in [5.74, 6) is 0.702. The maximum Gasteiger partial charge on any atom is 0.0411 e. The highest BCUT2D eigenvalue weighted by atomic mass is 15.2. The van der Waals surface area contributed by atoms with Crippen molar-refractivity contribution in [1.29, 1.82) is 0 Å². The van der Waals surface area contributed by atoms with E-state index in [1.165, 1.54) is 37.2 Å². The van der Waals surface area contributed by atoms with E-state index in [1.54, 1.807) is 0 Å². The lowest BCUT2D eigenvalue weighted by molar-refractivity contribution is 0.249. The SMILES string of the molecule is CC(C)CNCc1ccccc1N1CCC(N(C)C)CC1. The number of piperidine rings is 1. The highest BCUT2D eigenvalue weighted by Gasteiger charge is 2.21. The lowest BCUT2D eigenvalue weighted by Crippen LogP contribution is -2.42. The van der Waals surface area contributed by atoms with E-state index in [0.29, 0.717) is 5.92 Å². The molecule has 1 saturated heterocycles. The third kappa shape index (κ3) is 4.72. The molecule has 1 fully saturated rings. The molecule has 118 valence electrons. The van der Waals surface area contributed by atoms with Crippen molar-refractivity contribution < 1.29 is 0 Å². The molecule has 1 N–H and O–H groups in total. The van der Waals surface area contributed by atoms with E-state index in [9.17, 15) is 0 Å². The van der Waals surface area contributed by atoms with Crippen molar-refractivity contribution in [3.8, 4) is 0 Å². The van der Waals surface area contributed by atoms with E-state index >= 15 is 0 Å². The molecule has 3 nitrogen and oxygen atoms in total. The van der Waals surface area contributed by atoms with Gasteiger partial charge in [0.15, 0.2) is 0 Å². The molecule has 0 aromatic heterocycles. The number of rotatable bonds is 6. The largest absolute Gasteiger partial charge is 0.371 e. The Kier molecular flexibility index (Phi) is 6.07. The molecule has 21 heavy (non-hydrogen) atoms. The van der Waals surface area contributed by atoms with Crippen LogP contribution in [0.15, 0.2) is 24.3 Å². The number of benzene rings is 1. The predicted octanol–water partition coefficient (Wildman–Crippen LogP) is 2.96. The van der Waals surface area contributed by atoms with Gasteiger partial charge in [0.05, 0.1) is 0 Å². The molecule has 0 amide bonds. The molecular formula is C18H31N3. The van der Waals surface area contributed by atoms with Crippen molar-refractivity contribution in [2.24, 2.45) is 5.92 Å². The second-order valence-electron chi connectivity index (χ2n) is 6.84. The first-order valence-electron chi connectivity index (χ1n) is 8.28. The van der Waals surface area contributed by atoms with Crippen molar-refractivity contribution in [2.75, 3.05) is 38.6 Å². The Morgan fingerprint density at radius 1 is 1.19 bits per heavy atom. The maximum atomic E-state index is 3.57. The first kappa shape index (κ1) is 16.3. The molecule has 3 heteroatoms. The minimum atomic E-state index is 0.702. The molecular weight excluding hydrogens is 258 g/mol. The number of hydrogen-bond acceptors (Lipinski definition) is 3. The number of anilines is 1. The topological polar surface area (TPSA) is 18.5 Å². The Morgan fingerprint density at radius 3 is 2.48 bits per heavy atom. The summed E-state index contributed by atoms with van der Waals surface area (Å²) < 4.78 is 0. The second-order valence-corrected chi connectivity index (χ2v) is 6.84. The van der Waals surface area contributed by atoms with Gasteiger partial charge in [0.1, 0.15) is 0 Å². The average molecular weight is 289 g/mol. The van der Waals surface area contributed by atoms with Gasteiger partial charge in [-0.2, -0.15) is 0 Å². The van der Waals surface area contributed by atoms with Crippen LogP contribution in [0.1, 0.15) is 32.3 Å². The van der Waals surface area contributed by atoms with Crippen molar-refractivity contribution >= 4 is 5.69 Å². The molecule has 0 radical (unpaired) electrons. The molecule has 0 aliphatic carbocycles. The quantitative estimate of drug-likeness (QED) is 0.868. The van der Waals surface area contributed by atoms with Gasteiger partial charge in [-0.3, -0.25) is 0 Å². The average Bonchev–Trinajstić information content (AvgIpc) is 2.47. The van der Waals surface area contributed by atoms with Gasteiger partial charge in [0.2, 0.25) is 0 Å². The van der Waals surface area contributed by atoms with Crippen LogP contribution < -0.4 is 10.2 Å². The zero-order chi connectivity index (χ0) is 15.2. The van der Waals surface area contributed by atoms with E-state index in [2.05, 4.69) is 67.3 Å². The molecule has 0 unspecified atom stereocenters. The standard InChI is InChI=1S/C18H31N3/c1-15(2)13-19-14-16-7-5-6-8-18(16)21-11-9-17(10-12-21)20(3)4/h5-8,15,17,19H,9-14H2,1-4H3. The lowest BCUT2D eigenvalue weighted by Gasteiger charge is -2.37. The maximum absolute atomic E-state index is 3.57. The molecule has 0 saturated carbocycles. The molecule has 0 spiro atoms. The first-order valence-corrected chi connectivity index (χ1v) is 8.28. The van der Waals surface area contributed by atoms with Crippen LogP contribution in [0.25, 0.3) is 0 Å². The smallest absolute Gasteiger partial charge is 0.0411 e. The van der Waals surface area contributed by atoms with E-state index in [1.807, 2.05) is 0 Å². The van der Waals surface area contributed by atoms with Gasteiger partial charge in [-0.1, -0.05) is 32.0 Å². The summed E-state index contributed by atoms with van der Waals surface area (Å²) in [6, 6.07) is 9.61. The summed E-state index contributed by atoms with van der Waals surface area (Å²) in [5.41, 5.74) is 2.85. The zero-order valence-electron chi connectivity index (χ0n) is 14.1. The first-order chi connectivity index (χ1) is 10.1. The lowest BCUT2D eigenvalue weighted by atomic mass is 10.0. The van der Waals surface area contributed by atoms with Gasteiger partial charge in [0.25, 0.3) is 0 Å². The van der Waals surface area contributed by atoms with Crippen LogP contribution in [0, 0.1) is 5.92 Å². The second kappa shape index (κ2) is 7.81. The Morgan fingerprint density at radius 2 is 1.86 bits per heavy atom. The summed E-state index contributed by atoms with van der Waals surface area (Å²) >= 11 is 0. The fourth-order valence-electron chi connectivity index (χ4n) is 3.09. The van der Waals surface area contributed by atoms with Crippen LogP contribution in [0.4, 0.5) is 5.69 Å². The molecule has 0 atom stereocenters. The van der Waals surface area contributed by atoms with E-state index in [-0.39, 0.29) is 0 Å². The van der Waals surface area contributed by atoms with Gasteiger partial charge in [-0.25, -0.2) is 0 Å². The predicted molar refractivity (Wildman–Crippen MR) is 91.9 cm³/mol. The minimum Gasteiger partial charge on any atom is -0.371 e. The summed E-state index contributed by atoms with van der Waals surface area (Å²) in [5, 5.41) is 3.57. The monoisotopic (exact) mass is 289 g/mol. The van der Waals surface area contributed by atoms with Crippen LogP contribution in [0.2, 0.25) is 0 Å². The van der Waals surface area contributed by atoms with Crippen LogP contribution in [-0.2, 0) is 6.54 Å². The molecule has 1 aliphatic rings. The van der Waals surface area contributed by atoms with Gasteiger partial charge in [0, 0.05) is 31.4 Å². The Labute approximate surface area is 130 Å². The van der Waals surface area contributed by atoms with Gasteiger partial charge >= 0.3 is 0 Å². The third-order valence-electron chi connectivity index (χ3n) is 4.40. The molecule has 0 bridgehead atoms. The van der Waals surface area contributed by atoms with E-state index < -0.39 is 0 Å². The van der Waals surface area contributed by atoms with Crippen molar-refractivity contribution in [3.63, 3.8) is 0 Å². The van der Waals surface area contributed by atoms with Crippen LogP contribution >= 0.6 is 0 Å². The highest BCUT2D eigenvalue weighted by Crippen LogP contribution is 2.25.